The number of hydrogen-bond acceptors (Lipinski definition) is 6. The van der Waals surface area contributed by atoms with Gasteiger partial charge in [-0.1, -0.05) is 0 Å². The van der Waals surface area contributed by atoms with Gasteiger partial charge in [0, 0.05) is 23.5 Å². The van der Waals surface area contributed by atoms with Gasteiger partial charge in [-0.15, -0.1) is 0 Å². The molecule has 0 fully saturated rings. The van der Waals surface area contributed by atoms with Gasteiger partial charge in [0.15, 0.2) is 5.82 Å². The summed E-state index contributed by atoms with van der Waals surface area (Å²) >= 11 is 0. The number of carboxylic acid groups (broad SMARTS) is 1. The number of carbonyl (C=O) groups excluding carboxylic acids is 1. The van der Waals surface area contributed by atoms with Gasteiger partial charge in [-0.25, -0.2) is 14.8 Å². The molecule has 116 valence electrons. The minimum atomic E-state index is -1.26. The average molecular weight is 312 g/mol. The molecule has 0 spiro atoms. The molecule has 0 bridgehead atoms. The highest BCUT2D eigenvalue weighted by Gasteiger charge is 2.16. The molecule has 0 radical (unpaired) electrons. The van der Waals surface area contributed by atoms with Gasteiger partial charge >= 0.3 is 5.97 Å². The largest absolute Gasteiger partial charge is 0.478 e. The first-order chi connectivity index (χ1) is 10.9. The Morgan fingerprint density at radius 1 is 1.30 bits per heavy atom. The molecule has 0 saturated carbocycles. The summed E-state index contributed by atoms with van der Waals surface area (Å²) in [5.74, 6) is -1.71. The average Bonchev–Trinajstić information content (AvgIpc) is 2.86. The van der Waals surface area contributed by atoms with E-state index < -0.39 is 11.9 Å². The molecule has 2 rings (SSSR count). The van der Waals surface area contributed by atoms with Crippen molar-refractivity contribution in [2.24, 2.45) is 0 Å². The molecule has 0 aromatic carbocycles. The summed E-state index contributed by atoms with van der Waals surface area (Å²) in [5, 5.41) is 24.1. The van der Waals surface area contributed by atoms with E-state index in [0.29, 0.717) is 17.5 Å². The van der Waals surface area contributed by atoms with Crippen LogP contribution in [0.4, 0.5) is 5.82 Å². The van der Waals surface area contributed by atoms with Crippen LogP contribution in [-0.4, -0.2) is 36.7 Å². The fraction of sp³-hybridized carbons (Fsp3) is 0.143. The van der Waals surface area contributed by atoms with E-state index in [2.05, 4.69) is 20.4 Å². The van der Waals surface area contributed by atoms with Gasteiger partial charge in [0.05, 0.1) is 6.20 Å². The summed E-state index contributed by atoms with van der Waals surface area (Å²) in [4.78, 5) is 30.6. The van der Waals surface area contributed by atoms with Gasteiger partial charge in [0.25, 0.3) is 5.95 Å². The Morgan fingerprint density at radius 2 is 1.96 bits per heavy atom. The smallest absolute Gasteiger partial charge is 0.328 e. The van der Waals surface area contributed by atoms with E-state index in [1.54, 1.807) is 19.9 Å². The lowest BCUT2D eigenvalue weighted by Crippen LogP contribution is -2.15. The molecule has 0 aliphatic carbocycles. The molecule has 0 aliphatic rings. The van der Waals surface area contributed by atoms with Crippen molar-refractivity contribution in [2.45, 2.75) is 13.8 Å². The van der Waals surface area contributed by atoms with Crippen LogP contribution >= 0.6 is 0 Å². The predicted octanol–water partition coefficient (Wildman–Crippen LogP) is 0.730. The van der Waals surface area contributed by atoms with E-state index in [4.69, 9.17) is 10.4 Å². The van der Waals surface area contributed by atoms with Gasteiger partial charge in [-0.3, -0.25) is 4.79 Å². The standard InChI is InChI=1S/C14H12N6O3/c1-8-5-9(2)18-14(17-8)20-13(10(6-15)7-16-20)19-11(21)3-4-12(22)23/h3-5,7H,1-2H3,(H,19,21)(H,22,23)/b4-3+. The van der Waals surface area contributed by atoms with Crippen molar-refractivity contribution in [3.8, 4) is 12.0 Å². The minimum Gasteiger partial charge on any atom is -0.478 e. The molecule has 0 unspecified atom stereocenters. The van der Waals surface area contributed by atoms with Crippen molar-refractivity contribution in [3.05, 3.63) is 41.4 Å². The Morgan fingerprint density at radius 3 is 2.52 bits per heavy atom. The van der Waals surface area contributed by atoms with Crippen LogP contribution in [0.25, 0.3) is 5.95 Å². The fourth-order valence-corrected chi connectivity index (χ4v) is 1.81. The number of amides is 1. The summed E-state index contributed by atoms with van der Waals surface area (Å²) in [6.07, 6.45) is 2.79. The number of carboxylic acids is 1. The number of hydrogen-bond donors (Lipinski definition) is 2. The fourth-order valence-electron chi connectivity index (χ4n) is 1.81. The Kier molecular flexibility index (Phi) is 4.47. The topological polar surface area (TPSA) is 134 Å². The van der Waals surface area contributed by atoms with Gasteiger partial charge in [0.1, 0.15) is 11.6 Å². The van der Waals surface area contributed by atoms with Gasteiger partial charge in [-0.2, -0.15) is 15.0 Å². The van der Waals surface area contributed by atoms with Crippen LogP contribution in [0.2, 0.25) is 0 Å². The van der Waals surface area contributed by atoms with Crippen LogP contribution < -0.4 is 5.32 Å². The van der Waals surface area contributed by atoms with Gasteiger partial charge in [0.2, 0.25) is 5.91 Å². The van der Waals surface area contributed by atoms with E-state index in [-0.39, 0.29) is 17.3 Å². The zero-order chi connectivity index (χ0) is 17.0. The van der Waals surface area contributed by atoms with E-state index in [0.717, 1.165) is 6.08 Å². The molecule has 9 heteroatoms. The van der Waals surface area contributed by atoms with Crippen LogP contribution in [-0.2, 0) is 9.59 Å². The maximum Gasteiger partial charge on any atom is 0.328 e. The van der Waals surface area contributed by atoms with E-state index in [1.165, 1.54) is 10.9 Å². The lowest BCUT2D eigenvalue weighted by Gasteiger charge is -2.08. The van der Waals surface area contributed by atoms with Crippen molar-refractivity contribution in [2.75, 3.05) is 5.32 Å². The second-order valence-corrected chi connectivity index (χ2v) is 4.54. The van der Waals surface area contributed by atoms with Gasteiger partial charge in [-0.05, 0) is 19.9 Å². The number of nitrogens with one attached hydrogen (secondary N) is 1. The molecule has 2 N–H and O–H groups in total. The monoisotopic (exact) mass is 312 g/mol. The molecule has 0 saturated heterocycles. The maximum absolute atomic E-state index is 11.7. The Hall–Kier alpha value is -3.54. The first-order valence-electron chi connectivity index (χ1n) is 6.43. The van der Waals surface area contributed by atoms with Crippen LogP contribution in [0.15, 0.2) is 24.4 Å². The molecule has 9 nitrogen and oxygen atoms in total. The molecule has 0 aliphatic heterocycles. The number of aromatic nitrogens is 4. The molecule has 23 heavy (non-hydrogen) atoms. The molecule has 0 atom stereocenters. The van der Waals surface area contributed by atoms with Crippen molar-refractivity contribution in [1.82, 2.24) is 19.7 Å². The summed E-state index contributed by atoms with van der Waals surface area (Å²) in [5.41, 5.74) is 1.50. The number of rotatable bonds is 4. The van der Waals surface area contributed by atoms with Crippen molar-refractivity contribution in [1.29, 1.82) is 5.26 Å². The van der Waals surface area contributed by atoms with Crippen molar-refractivity contribution < 1.29 is 14.7 Å². The highest BCUT2D eigenvalue weighted by atomic mass is 16.4. The highest BCUT2D eigenvalue weighted by Crippen LogP contribution is 2.18. The first-order valence-corrected chi connectivity index (χ1v) is 6.43. The van der Waals surface area contributed by atoms with Gasteiger partial charge < -0.3 is 10.4 Å². The highest BCUT2D eigenvalue weighted by molar-refractivity contribution is 6.02. The first kappa shape index (κ1) is 15.8. The Labute approximate surface area is 130 Å². The van der Waals surface area contributed by atoms with Crippen LogP contribution in [0.5, 0.6) is 0 Å². The van der Waals surface area contributed by atoms with E-state index >= 15 is 0 Å². The third-order valence-corrected chi connectivity index (χ3v) is 2.67. The minimum absolute atomic E-state index is 0.0672. The number of carbonyl (C=O) groups is 2. The Bertz CT molecular complexity index is 826. The summed E-state index contributed by atoms with van der Waals surface area (Å²) in [6.45, 7) is 3.56. The third-order valence-electron chi connectivity index (χ3n) is 2.67. The summed E-state index contributed by atoms with van der Waals surface area (Å²) in [7, 11) is 0. The van der Waals surface area contributed by atoms with Crippen LogP contribution in [0.3, 0.4) is 0 Å². The number of nitrogens with zero attached hydrogens (tertiary/aromatic N) is 5. The molecule has 2 aromatic rings. The Balaban J connectivity index is 2.43. The number of aryl methyl sites for hydroxylation is 2. The molecular weight excluding hydrogens is 300 g/mol. The maximum atomic E-state index is 11.7. The number of aliphatic carboxylic acids is 1. The second kappa shape index (κ2) is 6.48. The quantitative estimate of drug-likeness (QED) is 0.795. The van der Waals surface area contributed by atoms with Crippen LogP contribution in [0.1, 0.15) is 17.0 Å². The third kappa shape index (κ3) is 3.76. The lowest BCUT2D eigenvalue weighted by atomic mass is 10.3. The number of nitriles is 1. The predicted molar refractivity (Wildman–Crippen MR) is 78.7 cm³/mol. The summed E-state index contributed by atoms with van der Waals surface area (Å²) in [6, 6.07) is 3.66. The number of anilines is 1. The zero-order valence-electron chi connectivity index (χ0n) is 12.3. The lowest BCUT2D eigenvalue weighted by molar-refractivity contribution is -0.131. The molecule has 2 aromatic heterocycles. The SMILES string of the molecule is Cc1cc(C)nc(-n2ncc(C#N)c2NC(=O)/C=C/C(=O)O)n1. The molecule has 1 amide bonds. The van der Waals surface area contributed by atoms with Crippen molar-refractivity contribution >= 4 is 17.7 Å². The zero-order valence-corrected chi connectivity index (χ0v) is 12.3. The van der Waals surface area contributed by atoms with Crippen molar-refractivity contribution in [3.63, 3.8) is 0 Å². The van der Waals surface area contributed by atoms with E-state index in [9.17, 15) is 9.59 Å². The summed E-state index contributed by atoms with van der Waals surface area (Å²) < 4.78 is 1.21. The van der Waals surface area contributed by atoms with E-state index in [1.807, 2.05) is 6.07 Å². The van der Waals surface area contributed by atoms with Crippen LogP contribution in [0, 0.1) is 25.2 Å². The normalized spacial score (nSPS) is 10.5. The molecule has 2 heterocycles. The second-order valence-electron chi connectivity index (χ2n) is 4.54. The molecular formula is C14H12N6O3.